The predicted molar refractivity (Wildman–Crippen MR) is 121 cm³/mol. The number of carbonyl (C=O) groups excluding carboxylic acids is 1. The van der Waals surface area contributed by atoms with Crippen LogP contribution in [-0.4, -0.2) is 18.7 Å². The summed E-state index contributed by atoms with van der Waals surface area (Å²) in [7, 11) is 0. The van der Waals surface area contributed by atoms with Crippen LogP contribution in [0.25, 0.3) is 0 Å². The van der Waals surface area contributed by atoms with Gasteiger partial charge in [-0.3, -0.25) is 4.79 Å². The van der Waals surface area contributed by atoms with Crippen LogP contribution in [0.5, 0.6) is 11.5 Å². The maximum absolute atomic E-state index is 12.3. The highest BCUT2D eigenvalue weighted by molar-refractivity contribution is 9.10. The van der Waals surface area contributed by atoms with Crippen molar-refractivity contribution in [2.45, 2.75) is 6.61 Å². The van der Waals surface area contributed by atoms with Gasteiger partial charge in [0.1, 0.15) is 24.7 Å². The van der Waals surface area contributed by atoms with Crippen LogP contribution in [0.15, 0.2) is 82.4 Å². The van der Waals surface area contributed by atoms with Crippen molar-refractivity contribution in [2.75, 3.05) is 6.61 Å². The van der Waals surface area contributed by atoms with E-state index in [1.165, 1.54) is 6.21 Å². The van der Waals surface area contributed by atoms with Gasteiger partial charge in [0.2, 0.25) is 0 Å². The number of hydrazone groups is 1. The quantitative estimate of drug-likeness (QED) is 0.297. The van der Waals surface area contributed by atoms with Crippen molar-refractivity contribution in [1.29, 1.82) is 0 Å². The van der Waals surface area contributed by atoms with Gasteiger partial charge >= 0.3 is 0 Å². The number of rotatable bonds is 8. The first-order valence-electron chi connectivity index (χ1n) is 9.12. The summed E-state index contributed by atoms with van der Waals surface area (Å²) < 4.78 is 11.9. The van der Waals surface area contributed by atoms with Gasteiger partial charge in [0, 0.05) is 15.6 Å². The van der Waals surface area contributed by atoms with E-state index in [9.17, 15) is 4.79 Å². The minimum Gasteiger partial charge on any atom is -0.489 e. The second-order valence-electron chi connectivity index (χ2n) is 6.17. The van der Waals surface area contributed by atoms with Crippen molar-refractivity contribution in [2.24, 2.45) is 5.10 Å². The molecule has 3 aromatic rings. The van der Waals surface area contributed by atoms with E-state index < -0.39 is 0 Å². The van der Waals surface area contributed by atoms with Crippen LogP contribution in [-0.2, 0) is 6.61 Å². The maximum atomic E-state index is 12.3. The van der Waals surface area contributed by atoms with Crippen LogP contribution in [0.3, 0.4) is 0 Å². The van der Waals surface area contributed by atoms with Gasteiger partial charge in [-0.2, -0.15) is 5.10 Å². The molecule has 5 nitrogen and oxygen atoms in total. The zero-order valence-electron chi connectivity index (χ0n) is 16.0. The molecule has 0 radical (unpaired) electrons. The molecule has 30 heavy (non-hydrogen) atoms. The Balaban J connectivity index is 1.55. The largest absolute Gasteiger partial charge is 0.489 e. The average molecular weight is 463 g/mol. The summed E-state index contributed by atoms with van der Waals surface area (Å²) in [6.07, 6.45) is 6.73. The fraction of sp³-hybridized carbons (Fsp3) is 0.0833. The standard InChI is InChI=1S/C24H19BrN2O3/c1-2-14-29-22-12-13-23(25)20(15-22)16-26-27-24(28)19-8-10-21(11-9-19)30-17-18-6-4-3-5-7-18/h1,3-13,15-16H,14,17H2,(H,27,28)/b26-16+. The molecule has 0 unspecified atom stereocenters. The normalized spacial score (nSPS) is 10.4. The molecule has 0 saturated carbocycles. The van der Waals surface area contributed by atoms with Crippen LogP contribution < -0.4 is 14.9 Å². The van der Waals surface area contributed by atoms with Crippen LogP contribution in [0.4, 0.5) is 0 Å². The summed E-state index contributed by atoms with van der Waals surface area (Å²) >= 11 is 3.44. The third-order valence-electron chi connectivity index (χ3n) is 4.02. The Labute approximate surface area is 183 Å². The molecule has 0 aromatic heterocycles. The van der Waals surface area contributed by atoms with E-state index in [2.05, 4.69) is 32.4 Å². The van der Waals surface area contributed by atoms with Crippen LogP contribution in [0, 0.1) is 12.3 Å². The molecule has 0 heterocycles. The molecule has 1 N–H and O–H groups in total. The second-order valence-corrected chi connectivity index (χ2v) is 7.03. The number of ether oxygens (including phenoxy) is 2. The van der Waals surface area contributed by atoms with Gasteiger partial charge in [-0.15, -0.1) is 6.42 Å². The number of carbonyl (C=O) groups is 1. The molecule has 0 aliphatic carbocycles. The lowest BCUT2D eigenvalue weighted by molar-refractivity contribution is 0.0955. The SMILES string of the molecule is C#CCOc1ccc(Br)c(/C=N/NC(=O)c2ccc(OCc3ccccc3)cc2)c1. The van der Waals surface area contributed by atoms with Crippen molar-refractivity contribution in [3.63, 3.8) is 0 Å². The molecule has 150 valence electrons. The molecule has 1 amide bonds. The lowest BCUT2D eigenvalue weighted by atomic mass is 10.2. The Morgan fingerprint density at radius 2 is 1.77 bits per heavy atom. The topological polar surface area (TPSA) is 59.9 Å². The van der Waals surface area contributed by atoms with Gasteiger partial charge in [-0.05, 0) is 48.0 Å². The second kappa shape index (κ2) is 10.8. The van der Waals surface area contributed by atoms with Gasteiger partial charge in [-0.1, -0.05) is 52.2 Å². The molecule has 3 aromatic carbocycles. The highest BCUT2D eigenvalue weighted by Gasteiger charge is 2.05. The molecule has 6 heteroatoms. The van der Waals surface area contributed by atoms with Crippen LogP contribution >= 0.6 is 15.9 Å². The van der Waals surface area contributed by atoms with E-state index in [0.717, 1.165) is 15.6 Å². The Morgan fingerprint density at radius 3 is 2.50 bits per heavy atom. The molecule has 0 fully saturated rings. The van der Waals surface area contributed by atoms with Crippen molar-refractivity contribution < 1.29 is 14.3 Å². The number of nitrogens with zero attached hydrogens (tertiary/aromatic N) is 1. The number of hydrogen-bond acceptors (Lipinski definition) is 4. The minimum absolute atomic E-state index is 0.181. The molecule has 3 rings (SSSR count). The first kappa shape index (κ1) is 21.2. The highest BCUT2D eigenvalue weighted by Crippen LogP contribution is 2.21. The summed E-state index contributed by atoms with van der Waals surface area (Å²) in [6.45, 7) is 0.648. The summed E-state index contributed by atoms with van der Waals surface area (Å²) in [5.41, 5.74) is 4.81. The van der Waals surface area contributed by atoms with Gasteiger partial charge in [0.25, 0.3) is 5.91 Å². The van der Waals surface area contributed by atoms with E-state index in [-0.39, 0.29) is 12.5 Å². The third kappa shape index (κ3) is 6.23. The van der Waals surface area contributed by atoms with Crippen LogP contribution in [0.1, 0.15) is 21.5 Å². The average Bonchev–Trinajstić information content (AvgIpc) is 2.79. The van der Waals surface area contributed by atoms with Gasteiger partial charge < -0.3 is 9.47 Å². The zero-order chi connectivity index (χ0) is 21.2. The molecular weight excluding hydrogens is 444 g/mol. The number of hydrogen-bond donors (Lipinski definition) is 1. The molecular formula is C24H19BrN2O3. The molecule has 0 atom stereocenters. The number of benzene rings is 3. The molecule has 0 aliphatic heterocycles. The van der Waals surface area contributed by atoms with Crippen molar-refractivity contribution >= 4 is 28.1 Å². The summed E-state index contributed by atoms with van der Waals surface area (Å²) in [5, 5.41) is 4.02. The Hall–Kier alpha value is -3.56. The lowest BCUT2D eigenvalue weighted by Gasteiger charge is -2.07. The minimum atomic E-state index is -0.322. The molecule has 0 aliphatic rings. The van der Waals surface area contributed by atoms with Gasteiger partial charge in [-0.25, -0.2) is 5.43 Å². The van der Waals surface area contributed by atoms with Crippen LogP contribution in [0.2, 0.25) is 0 Å². The molecule has 0 saturated heterocycles. The third-order valence-corrected chi connectivity index (χ3v) is 4.75. The first-order chi connectivity index (χ1) is 14.7. The van der Waals surface area contributed by atoms with Crippen molar-refractivity contribution in [3.8, 4) is 23.8 Å². The predicted octanol–water partition coefficient (Wildman–Crippen LogP) is 4.80. The van der Waals surface area contributed by atoms with Gasteiger partial charge in [0.15, 0.2) is 0 Å². The first-order valence-corrected chi connectivity index (χ1v) is 9.91. The maximum Gasteiger partial charge on any atom is 0.271 e. The fourth-order valence-corrected chi connectivity index (χ4v) is 2.85. The number of halogens is 1. The van der Waals surface area contributed by atoms with E-state index in [0.29, 0.717) is 23.7 Å². The van der Waals surface area contributed by atoms with E-state index in [1.54, 1.807) is 36.4 Å². The Bertz CT molecular complexity index is 1060. The monoisotopic (exact) mass is 462 g/mol. The molecule has 0 spiro atoms. The fourth-order valence-electron chi connectivity index (χ4n) is 2.50. The zero-order valence-corrected chi connectivity index (χ0v) is 17.6. The lowest BCUT2D eigenvalue weighted by Crippen LogP contribution is -2.17. The summed E-state index contributed by atoms with van der Waals surface area (Å²) in [5.74, 6) is 3.40. The van der Waals surface area contributed by atoms with Crippen molar-refractivity contribution in [1.82, 2.24) is 5.43 Å². The number of terminal acetylenes is 1. The smallest absolute Gasteiger partial charge is 0.271 e. The van der Waals surface area contributed by atoms with E-state index in [4.69, 9.17) is 15.9 Å². The summed E-state index contributed by atoms with van der Waals surface area (Å²) in [4.78, 5) is 12.3. The Morgan fingerprint density at radius 1 is 1.03 bits per heavy atom. The Kier molecular flexibility index (Phi) is 7.64. The van der Waals surface area contributed by atoms with Gasteiger partial charge in [0.05, 0.1) is 6.21 Å². The number of amides is 1. The summed E-state index contributed by atoms with van der Waals surface area (Å²) in [6, 6.07) is 22.2. The molecule has 0 bridgehead atoms. The van der Waals surface area contributed by atoms with E-state index >= 15 is 0 Å². The van der Waals surface area contributed by atoms with E-state index in [1.807, 2.05) is 36.4 Å². The van der Waals surface area contributed by atoms with Crippen molar-refractivity contribution in [3.05, 3.63) is 94.0 Å². The highest BCUT2D eigenvalue weighted by atomic mass is 79.9. The number of nitrogens with one attached hydrogen (secondary N) is 1.